The molecule has 0 saturated carbocycles. The van der Waals surface area contributed by atoms with Gasteiger partial charge in [0, 0.05) is 23.2 Å². The molecule has 0 spiro atoms. The van der Waals surface area contributed by atoms with Crippen molar-refractivity contribution in [1.29, 1.82) is 0 Å². The van der Waals surface area contributed by atoms with Crippen molar-refractivity contribution < 1.29 is 0 Å². The molecule has 0 aliphatic carbocycles. The van der Waals surface area contributed by atoms with E-state index in [0.29, 0.717) is 32.9 Å². The van der Waals surface area contributed by atoms with E-state index in [4.69, 9.17) is 28.2 Å². The van der Waals surface area contributed by atoms with Gasteiger partial charge >= 0.3 is 0 Å². The van der Waals surface area contributed by atoms with Crippen molar-refractivity contribution in [2.24, 2.45) is 0 Å². The van der Waals surface area contributed by atoms with Crippen LogP contribution in [-0.4, -0.2) is 9.55 Å². The number of aromatic nitrogens is 2. The first-order chi connectivity index (χ1) is 14.1. The maximum absolute atomic E-state index is 13.3. The van der Waals surface area contributed by atoms with Crippen molar-refractivity contribution in [3.63, 3.8) is 0 Å². The number of fused-ring (bicyclic) bond motifs is 1. The molecule has 0 radical (unpaired) electrons. The van der Waals surface area contributed by atoms with Gasteiger partial charge in [0.25, 0.3) is 5.56 Å². The average molecular weight is 459 g/mol. The highest BCUT2D eigenvalue weighted by molar-refractivity contribution is 7.98. The van der Waals surface area contributed by atoms with Crippen molar-refractivity contribution in [1.82, 2.24) is 9.55 Å². The minimum atomic E-state index is -0.0494. The maximum Gasteiger partial charge on any atom is 0.263 e. The van der Waals surface area contributed by atoms with Crippen LogP contribution in [0.25, 0.3) is 21.3 Å². The fraction of sp³-hybridized carbons (Fsp3) is 0.0909. The Morgan fingerprint density at radius 3 is 2.66 bits per heavy atom. The second-order valence-corrected chi connectivity index (χ2v) is 8.95. The SMILES string of the molecule is C=CCn1c(SCc2ccc(Cl)c(Cl)c2)nc2scc(-c3ccccc3)c2c1=O. The normalized spacial score (nSPS) is 11.1. The molecule has 0 atom stereocenters. The predicted molar refractivity (Wildman–Crippen MR) is 126 cm³/mol. The number of allylic oxidation sites excluding steroid dienone is 1. The van der Waals surface area contributed by atoms with Gasteiger partial charge in [-0.2, -0.15) is 0 Å². The summed E-state index contributed by atoms with van der Waals surface area (Å²) in [5.74, 6) is 0.628. The third-order valence-corrected chi connectivity index (χ3v) is 7.07. The highest BCUT2D eigenvalue weighted by atomic mass is 35.5. The summed E-state index contributed by atoms with van der Waals surface area (Å²) in [5.41, 5.74) is 2.90. The number of hydrogen-bond donors (Lipinski definition) is 0. The van der Waals surface area contributed by atoms with Crippen LogP contribution in [-0.2, 0) is 12.3 Å². The van der Waals surface area contributed by atoms with Crippen molar-refractivity contribution in [3.8, 4) is 11.1 Å². The molecule has 0 N–H and O–H groups in total. The van der Waals surface area contributed by atoms with Crippen molar-refractivity contribution in [3.05, 3.63) is 92.5 Å². The summed E-state index contributed by atoms with van der Waals surface area (Å²) in [6.07, 6.45) is 1.71. The van der Waals surface area contributed by atoms with E-state index in [1.54, 1.807) is 16.7 Å². The van der Waals surface area contributed by atoms with Gasteiger partial charge in [-0.05, 0) is 23.3 Å². The molecule has 0 aliphatic heterocycles. The van der Waals surface area contributed by atoms with Crippen LogP contribution in [0.5, 0.6) is 0 Å². The Balaban J connectivity index is 1.76. The number of rotatable bonds is 6. The van der Waals surface area contributed by atoms with E-state index < -0.39 is 0 Å². The van der Waals surface area contributed by atoms with Gasteiger partial charge in [-0.15, -0.1) is 17.9 Å². The molecule has 3 nitrogen and oxygen atoms in total. The summed E-state index contributed by atoms with van der Waals surface area (Å²) in [6, 6.07) is 15.4. The molecule has 4 aromatic rings. The molecule has 0 fully saturated rings. The molecule has 0 saturated heterocycles. The number of thioether (sulfide) groups is 1. The van der Waals surface area contributed by atoms with E-state index >= 15 is 0 Å². The Kier molecular flexibility index (Phi) is 6.11. The summed E-state index contributed by atoms with van der Waals surface area (Å²) in [5, 5.41) is 4.36. The summed E-state index contributed by atoms with van der Waals surface area (Å²) in [7, 11) is 0. The van der Waals surface area contributed by atoms with Gasteiger partial charge in [-0.1, -0.05) is 77.4 Å². The van der Waals surface area contributed by atoms with E-state index in [2.05, 4.69) is 6.58 Å². The monoisotopic (exact) mass is 458 g/mol. The van der Waals surface area contributed by atoms with Crippen LogP contribution in [0.1, 0.15) is 5.56 Å². The summed E-state index contributed by atoms with van der Waals surface area (Å²) in [6.45, 7) is 4.20. The molecule has 29 heavy (non-hydrogen) atoms. The van der Waals surface area contributed by atoms with E-state index in [9.17, 15) is 4.79 Å². The minimum absolute atomic E-state index is 0.0494. The van der Waals surface area contributed by atoms with Crippen LogP contribution in [0, 0.1) is 0 Å². The van der Waals surface area contributed by atoms with Crippen LogP contribution in [0.2, 0.25) is 10.0 Å². The molecule has 7 heteroatoms. The van der Waals surface area contributed by atoms with Crippen molar-refractivity contribution in [2.45, 2.75) is 17.5 Å². The topological polar surface area (TPSA) is 34.9 Å². The lowest BCUT2D eigenvalue weighted by Gasteiger charge is -2.11. The number of nitrogens with zero attached hydrogens (tertiary/aromatic N) is 2. The molecule has 0 aliphatic rings. The standard InChI is InChI=1S/C22H16Cl2N2OS2/c1-2-10-26-21(27)19-16(15-6-4-3-5-7-15)13-28-20(19)25-22(26)29-12-14-8-9-17(23)18(24)11-14/h2-9,11,13H,1,10,12H2. The zero-order valence-corrected chi connectivity index (χ0v) is 18.4. The first-order valence-corrected chi connectivity index (χ1v) is 11.5. The van der Waals surface area contributed by atoms with E-state index in [-0.39, 0.29) is 5.56 Å². The van der Waals surface area contributed by atoms with E-state index in [0.717, 1.165) is 21.5 Å². The van der Waals surface area contributed by atoms with E-state index in [1.165, 1.54) is 23.1 Å². The Labute approximate surface area is 186 Å². The molecular formula is C22H16Cl2N2OS2. The van der Waals surface area contributed by atoms with E-state index in [1.807, 2.05) is 47.8 Å². The fourth-order valence-corrected chi connectivity index (χ4v) is 5.27. The molecule has 0 bridgehead atoms. The quantitative estimate of drug-likeness (QED) is 0.179. The lowest BCUT2D eigenvalue weighted by atomic mass is 10.1. The number of hydrogen-bond acceptors (Lipinski definition) is 4. The molecule has 146 valence electrons. The zero-order chi connectivity index (χ0) is 20.4. The predicted octanol–water partition coefficient (Wildman–Crippen LogP) is 6.91. The number of halogens is 2. The average Bonchev–Trinajstić information content (AvgIpc) is 3.16. The van der Waals surface area contributed by atoms with Crippen LogP contribution >= 0.6 is 46.3 Å². The van der Waals surface area contributed by atoms with Crippen LogP contribution < -0.4 is 5.56 Å². The van der Waals surface area contributed by atoms with Gasteiger partial charge in [0.1, 0.15) is 4.83 Å². The molecule has 0 amide bonds. The fourth-order valence-electron chi connectivity index (χ4n) is 3.01. The maximum atomic E-state index is 13.3. The molecule has 2 aromatic heterocycles. The second kappa shape index (κ2) is 8.76. The number of thiophene rings is 1. The molecule has 0 unspecified atom stereocenters. The zero-order valence-electron chi connectivity index (χ0n) is 15.3. The van der Waals surface area contributed by atoms with Gasteiger partial charge < -0.3 is 0 Å². The summed E-state index contributed by atoms with van der Waals surface area (Å²) in [4.78, 5) is 18.9. The molecular weight excluding hydrogens is 443 g/mol. The Morgan fingerprint density at radius 2 is 1.93 bits per heavy atom. The van der Waals surface area contributed by atoms with Crippen LogP contribution in [0.3, 0.4) is 0 Å². The highest BCUT2D eigenvalue weighted by Gasteiger charge is 2.17. The number of benzene rings is 2. The lowest BCUT2D eigenvalue weighted by molar-refractivity contribution is 0.673. The summed E-state index contributed by atoms with van der Waals surface area (Å²) < 4.78 is 1.68. The van der Waals surface area contributed by atoms with Gasteiger partial charge in [0.05, 0.1) is 15.4 Å². The van der Waals surface area contributed by atoms with Crippen molar-refractivity contribution in [2.75, 3.05) is 0 Å². The molecule has 4 rings (SSSR count). The Bertz CT molecular complexity index is 1250. The third-order valence-electron chi connectivity index (χ3n) is 4.41. The van der Waals surface area contributed by atoms with Crippen LogP contribution in [0.4, 0.5) is 0 Å². The van der Waals surface area contributed by atoms with Gasteiger partial charge in [0.15, 0.2) is 5.16 Å². The summed E-state index contributed by atoms with van der Waals surface area (Å²) >= 11 is 15.1. The highest BCUT2D eigenvalue weighted by Crippen LogP contribution is 2.33. The second-order valence-electron chi connectivity index (χ2n) is 6.33. The first-order valence-electron chi connectivity index (χ1n) is 8.83. The smallest absolute Gasteiger partial charge is 0.263 e. The molecule has 2 heterocycles. The lowest BCUT2D eigenvalue weighted by Crippen LogP contribution is -2.22. The van der Waals surface area contributed by atoms with Crippen LogP contribution in [0.15, 0.2) is 76.5 Å². The van der Waals surface area contributed by atoms with Gasteiger partial charge in [-0.3, -0.25) is 9.36 Å². The Hall–Kier alpha value is -2.05. The third kappa shape index (κ3) is 4.14. The Morgan fingerprint density at radius 1 is 1.14 bits per heavy atom. The largest absolute Gasteiger partial charge is 0.283 e. The van der Waals surface area contributed by atoms with Gasteiger partial charge in [-0.25, -0.2) is 4.98 Å². The van der Waals surface area contributed by atoms with Gasteiger partial charge in [0.2, 0.25) is 0 Å². The molecule has 2 aromatic carbocycles. The first kappa shape index (κ1) is 20.2. The van der Waals surface area contributed by atoms with Crippen molar-refractivity contribution >= 4 is 56.5 Å². The minimum Gasteiger partial charge on any atom is -0.283 e.